The number of hydrogen-bond acceptors (Lipinski definition) is 5. The van der Waals surface area contributed by atoms with E-state index in [-0.39, 0.29) is 15.9 Å². The molecule has 114 valence electrons. The van der Waals surface area contributed by atoms with E-state index < -0.39 is 10.0 Å². The summed E-state index contributed by atoms with van der Waals surface area (Å²) >= 11 is 6.80. The SMILES string of the molecule is O=c1[nH]nc2n1CCC(NS(=O)(=O)c1ccc(Cl)s1)CC2. The van der Waals surface area contributed by atoms with Crippen LogP contribution in [0.15, 0.2) is 21.1 Å². The van der Waals surface area contributed by atoms with Gasteiger partial charge < -0.3 is 0 Å². The van der Waals surface area contributed by atoms with Gasteiger partial charge in [-0.15, -0.1) is 11.3 Å². The lowest BCUT2D eigenvalue weighted by Gasteiger charge is -2.15. The highest BCUT2D eigenvalue weighted by atomic mass is 35.5. The third-order valence-corrected chi connectivity index (χ3v) is 6.63. The second-order valence-electron chi connectivity index (χ2n) is 4.80. The lowest BCUT2D eigenvalue weighted by atomic mass is 10.1. The molecule has 1 aliphatic heterocycles. The number of hydrogen-bond donors (Lipinski definition) is 2. The first kappa shape index (κ1) is 14.8. The number of halogens is 1. The lowest BCUT2D eigenvalue weighted by molar-refractivity contribution is 0.494. The number of fused-ring (bicyclic) bond motifs is 1. The molecule has 0 bridgehead atoms. The highest BCUT2D eigenvalue weighted by Gasteiger charge is 2.25. The molecule has 1 unspecified atom stereocenters. The van der Waals surface area contributed by atoms with Gasteiger partial charge in [-0.25, -0.2) is 23.0 Å². The minimum atomic E-state index is -3.57. The fourth-order valence-electron chi connectivity index (χ4n) is 2.34. The van der Waals surface area contributed by atoms with Crippen LogP contribution < -0.4 is 10.4 Å². The van der Waals surface area contributed by atoms with Crippen molar-refractivity contribution in [1.82, 2.24) is 19.5 Å². The van der Waals surface area contributed by atoms with E-state index in [1.807, 2.05) is 0 Å². The third kappa shape index (κ3) is 3.05. The van der Waals surface area contributed by atoms with Crippen LogP contribution in [0.3, 0.4) is 0 Å². The Bertz CT molecular complexity index is 808. The average molecular weight is 349 g/mol. The number of H-pyrrole nitrogens is 1. The van der Waals surface area contributed by atoms with Crippen LogP contribution in [0.4, 0.5) is 0 Å². The Balaban J connectivity index is 1.74. The van der Waals surface area contributed by atoms with E-state index in [1.165, 1.54) is 6.07 Å². The van der Waals surface area contributed by atoms with Gasteiger partial charge in [0.15, 0.2) is 0 Å². The highest BCUT2D eigenvalue weighted by Crippen LogP contribution is 2.26. The molecule has 0 aliphatic carbocycles. The second kappa shape index (κ2) is 5.56. The van der Waals surface area contributed by atoms with Crippen molar-refractivity contribution in [2.24, 2.45) is 0 Å². The fourth-order valence-corrected chi connectivity index (χ4v) is 5.15. The van der Waals surface area contributed by atoms with Gasteiger partial charge in [0.05, 0.1) is 4.34 Å². The minimum Gasteiger partial charge on any atom is -0.279 e. The molecule has 7 nitrogen and oxygen atoms in total. The largest absolute Gasteiger partial charge is 0.343 e. The molecule has 0 saturated heterocycles. The average Bonchev–Trinajstić information content (AvgIpc) is 2.94. The quantitative estimate of drug-likeness (QED) is 0.863. The van der Waals surface area contributed by atoms with Gasteiger partial charge in [0.1, 0.15) is 10.0 Å². The van der Waals surface area contributed by atoms with Gasteiger partial charge in [0.25, 0.3) is 0 Å². The number of thiophene rings is 1. The zero-order valence-corrected chi connectivity index (χ0v) is 13.3. The van der Waals surface area contributed by atoms with E-state index in [9.17, 15) is 13.2 Å². The molecule has 2 aromatic rings. The molecule has 10 heteroatoms. The molecule has 0 aromatic carbocycles. The first-order valence-corrected chi connectivity index (χ1v) is 9.05. The number of sulfonamides is 1. The van der Waals surface area contributed by atoms with Gasteiger partial charge in [0.2, 0.25) is 10.0 Å². The van der Waals surface area contributed by atoms with Crippen LogP contribution in [0.5, 0.6) is 0 Å². The van der Waals surface area contributed by atoms with Crippen LogP contribution in [0, 0.1) is 0 Å². The normalized spacial score (nSPS) is 19.2. The first-order chi connectivity index (χ1) is 9.95. The smallest absolute Gasteiger partial charge is 0.279 e. The number of aromatic amines is 1. The molecular weight excluding hydrogens is 336 g/mol. The molecule has 0 saturated carbocycles. The molecule has 0 fully saturated rings. The fraction of sp³-hybridized carbons (Fsp3) is 0.455. The lowest BCUT2D eigenvalue weighted by Crippen LogP contribution is -2.35. The molecule has 0 radical (unpaired) electrons. The molecule has 0 spiro atoms. The van der Waals surface area contributed by atoms with Crippen molar-refractivity contribution in [2.45, 2.75) is 36.1 Å². The van der Waals surface area contributed by atoms with E-state index in [2.05, 4.69) is 14.9 Å². The van der Waals surface area contributed by atoms with E-state index in [1.54, 1.807) is 10.6 Å². The summed E-state index contributed by atoms with van der Waals surface area (Å²) < 4.78 is 29.4. The number of aromatic nitrogens is 3. The maximum absolute atomic E-state index is 12.3. The molecule has 3 heterocycles. The summed E-state index contributed by atoms with van der Waals surface area (Å²) in [7, 11) is -3.57. The topological polar surface area (TPSA) is 96.8 Å². The predicted octanol–water partition coefficient (Wildman–Crippen LogP) is 0.970. The van der Waals surface area contributed by atoms with Crippen molar-refractivity contribution in [3.8, 4) is 0 Å². The Hall–Kier alpha value is -1.16. The van der Waals surface area contributed by atoms with Crippen molar-refractivity contribution in [2.75, 3.05) is 0 Å². The number of aryl methyl sites for hydroxylation is 1. The van der Waals surface area contributed by atoms with Gasteiger partial charge in [-0.1, -0.05) is 11.6 Å². The minimum absolute atomic E-state index is 0.201. The van der Waals surface area contributed by atoms with E-state index in [0.29, 0.717) is 36.0 Å². The van der Waals surface area contributed by atoms with Crippen molar-refractivity contribution in [3.63, 3.8) is 0 Å². The van der Waals surface area contributed by atoms with E-state index in [4.69, 9.17) is 11.6 Å². The predicted molar refractivity (Wildman–Crippen MR) is 79.2 cm³/mol. The highest BCUT2D eigenvalue weighted by molar-refractivity contribution is 7.91. The summed E-state index contributed by atoms with van der Waals surface area (Å²) in [6.45, 7) is 0.447. The summed E-state index contributed by atoms with van der Waals surface area (Å²) in [5.74, 6) is 0.667. The first-order valence-electron chi connectivity index (χ1n) is 6.37. The van der Waals surface area contributed by atoms with Gasteiger partial charge in [-0.2, -0.15) is 5.10 Å². The van der Waals surface area contributed by atoms with Gasteiger partial charge in [-0.3, -0.25) is 4.57 Å². The second-order valence-corrected chi connectivity index (χ2v) is 8.46. The summed E-state index contributed by atoms with van der Waals surface area (Å²) in [6, 6.07) is 2.82. The standard InChI is InChI=1S/C11H13ClN4O3S2/c12-8-2-4-10(20-8)21(18,19)15-7-1-3-9-13-14-11(17)16(9)6-5-7/h2,4,7,15H,1,3,5-6H2,(H,14,17). The van der Waals surface area contributed by atoms with Crippen LogP contribution in [0.25, 0.3) is 0 Å². The maximum atomic E-state index is 12.3. The maximum Gasteiger partial charge on any atom is 0.343 e. The van der Waals surface area contributed by atoms with E-state index in [0.717, 1.165) is 11.3 Å². The third-order valence-electron chi connectivity index (χ3n) is 3.39. The van der Waals surface area contributed by atoms with Crippen LogP contribution in [0.2, 0.25) is 4.34 Å². The Labute approximate surface area is 130 Å². The summed E-state index contributed by atoms with van der Waals surface area (Å²) in [4.78, 5) is 11.5. The molecule has 2 N–H and O–H groups in total. The molecule has 3 rings (SSSR count). The van der Waals surface area contributed by atoms with Crippen molar-refractivity contribution in [3.05, 3.63) is 32.8 Å². The molecule has 2 aromatic heterocycles. The van der Waals surface area contributed by atoms with E-state index >= 15 is 0 Å². The Kier molecular flexibility index (Phi) is 3.91. The zero-order chi connectivity index (χ0) is 15.0. The molecule has 1 atom stereocenters. The van der Waals surface area contributed by atoms with Gasteiger partial charge in [-0.05, 0) is 25.0 Å². The van der Waals surface area contributed by atoms with Crippen LogP contribution >= 0.6 is 22.9 Å². The van der Waals surface area contributed by atoms with Crippen molar-refractivity contribution in [1.29, 1.82) is 0 Å². The van der Waals surface area contributed by atoms with Gasteiger partial charge in [0, 0.05) is 19.0 Å². The molecule has 1 aliphatic rings. The Morgan fingerprint density at radius 3 is 2.95 bits per heavy atom. The molecular formula is C11H13ClN4O3S2. The van der Waals surface area contributed by atoms with Crippen LogP contribution in [-0.4, -0.2) is 29.2 Å². The Morgan fingerprint density at radius 2 is 2.24 bits per heavy atom. The summed E-state index contributed by atoms with van der Waals surface area (Å²) in [5.41, 5.74) is -0.251. The Morgan fingerprint density at radius 1 is 1.43 bits per heavy atom. The molecule has 21 heavy (non-hydrogen) atoms. The number of rotatable bonds is 3. The zero-order valence-electron chi connectivity index (χ0n) is 10.9. The van der Waals surface area contributed by atoms with Crippen molar-refractivity contribution >= 4 is 33.0 Å². The van der Waals surface area contributed by atoms with Gasteiger partial charge >= 0.3 is 5.69 Å². The monoisotopic (exact) mass is 348 g/mol. The summed E-state index contributed by atoms with van der Waals surface area (Å²) in [6.07, 6.45) is 1.70. The summed E-state index contributed by atoms with van der Waals surface area (Å²) in [5, 5.41) is 6.35. The number of nitrogens with one attached hydrogen (secondary N) is 2. The van der Waals surface area contributed by atoms with Crippen molar-refractivity contribution < 1.29 is 8.42 Å². The van der Waals surface area contributed by atoms with Crippen LogP contribution in [-0.2, 0) is 23.0 Å². The molecule has 0 amide bonds. The van der Waals surface area contributed by atoms with Crippen LogP contribution in [0.1, 0.15) is 18.7 Å². The number of nitrogens with zero attached hydrogens (tertiary/aromatic N) is 2.